The lowest BCUT2D eigenvalue weighted by Gasteiger charge is -2.44. The van der Waals surface area contributed by atoms with E-state index in [0.29, 0.717) is 61.8 Å². The molecule has 2 bridgehead atoms. The summed E-state index contributed by atoms with van der Waals surface area (Å²) in [6, 6.07) is 17.2. The van der Waals surface area contributed by atoms with Crippen molar-refractivity contribution in [2.75, 3.05) is 33.9 Å². The highest BCUT2D eigenvalue weighted by Crippen LogP contribution is 2.36. The molecule has 0 radical (unpaired) electrons. The van der Waals surface area contributed by atoms with Crippen molar-refractivity contribution < 1.29 is 43.4 Å². The van der Waals surface area contributed by atoms with Gasteiger partial charge in [0, 0.05) is 25.1 Å². The Bertz CT molecular complexity index is 1820. The summed E-state index contributed by atoms with van der Waals surface area (Å²) in [6.07, 6.45) is 4.41. The summed E-state index contributed by atoms with van der Waals surface area (Å²) in [5.74, 6) is -0.165. The minimum atomic E-state index is -0.913. The number of hydrogen-bond donors (Lipinski definition) is 1. The molecule has 270 valence electrons. The number of benzene rings is 3. The predicted molar refractivity (Wildman–Crippen MR) is 188 cm³/mol. The second kappa shape index (κ2) is 17.3. The standard InChI is InChI=1S/C38H38Cl2FN3O6.H2O/c1-47-32-10-9-25(17-34(32)48-2)33(18-29-30(39)20-42-21-31(29)40)49-37(45)27-7-3-5-23(15-27)19-43-36(26-6-4-8-28(41)16-26)38(46)50-35-22-44-13-11-24(35)12-14-44;/h3-10,15-17,20-21,24,33,35-36,43H,11-14,18-19,22H2,1-2H3;1H2/t33-,35-,36?;/m0./s1. The number of nitrogens with zero attached hydrogens (tertiary/aromatic N) is 1. The zero-order chi connectivity index (χ0) is 35.2. The average Bonchev–Trinajstić information content (AvgIpc) is 3.13. The van der Waals surface area contributed by atoms with Crippen molar-refractivity contribution in [1.82, 2.24) is 10.2 Å². The molecule has 4 heterocycles. The normalized spacial score (nSPS) is 19.0. The molecule has 1 aromatic heterocycles. The first kappa shape index (κ1) is 38.0. The zero-order valence-corrected chi connectivity index (χ0v) is 29.8. The third-order valence-electron chi connectivity index (χ3n) is 9.37. The molecule has 0 amide bonds. The van der Waals surface area contributed by atoms with Crippen LogP contribution in [0, 0.1) is 11.7 Å². The van der Waals surface area contributed by atoms with Gasteiger partial charge in [-0.05, 0) is 84.9 Å². The van der Waals surface area contributed by atoms with E-state index in [9.17, 15) is 14.0 Å². The van der Waals surface area contributed by atoms with Gasteiger partial charge in [-0.2, -0.15) is 0 Å². The quantitative estimate of drug-likeness (QED) is 0.155. The van der Waals surface area contributed by atoms with Gasteiger partial charge in [0.2, 0.25) is 0 Å². The van der Waals surface area contributed by atoms with Crippen molar-refractivity contribution in [3.05, 3.63) is 123 Å². The summed E-state index contributed by atoms with van der Waals surface area (Å²) in [5, 5.41) is 4.04. The minimum absolute atomic E-state index is 0. The van der Waals surface area contributed by atoms with Crippen LogP contribution in [0.25, 0.3) is 0 Å². The minimum Gasteiger partial charge on any atom is -0.870 e. The fourth-order valence-corrected chi connectivity index (χ4v) is 7.18. The van der Waals surface area contributed by atoms with Gasteiger partial charge in [-0.25, -0.2) is 19.0 Å². The molecule has 7 rings (SSSR count). The maximum absolute atomic E-state index is 14.3. The summed E-state index contributed by atoms with van der Waals surface area (Å²) in [6.45, 7) is 2.94. The van der Waals surface area contributed by atoms with Crippen LogP contribution in [0.2, 0.25) is 10.0 Å². The van der Waals surface area contributed by atoms with Crippen LogP contribution in [0.15, 0.2) is 79.1 Å². The summed E-state index contributed by atoms with van der Waals surface area (Å²) in [4.78, 5) is 32.5. The van der Waals surface area contributed by atoms with E-state index in [1.165, 1.54) is 19.2 Å². The van der Waals surface area contributed by atoms with Crippen LogP contribution >= 0.6 is 23.2 Å². The first-order chi connectivity index (χ1) is 24.2. The number of ether oxygens (including phenoxy) is 4. The van der Waals surface area contributed by atoms with E-state index in [0.717, 1.165) is 25.9 Å². The largest absolute Gasteiger partial charge is 0.870 e. The van der Waals surface area contributed by atoms with Crippen molar-refractivity contribution in [3.8, 4) is 11.5 Å². The van der Waals surface area contributed by atoms with Gasteiger partial charge in [-0.1, -0.05) is 53.5 Å². The number of methoxy groups -OCH3 is 2. The second-order valence-electron chi connectivity index (χ2n) is 12.5. The van der Waals surface area contributed by atoms with Gasteiger partial charge in [0.25, 0.3) is 0 Å². The molecule has 3 aromatic carbocycles. The first-order valence-corrected chi connectivity index (χ1v) is 17.3. The summed E-state index contributed by atoms with van der Waals surface area (Å²) in [5.41, 5.74) is 2.72. The fraction of sp³-hybridized carbons (Fsp3) is 0.342. The van der Waals surface area contributed by atoms with E-state index in [-0.39, 0.29) is 24.5 Å². The Hall–Kier alpha value is -4.26. The highest BCUT2D eigenvalue weighted by Gasteiger charge is 2.38. The summed E-state index contributed by atoms with van der Waals surface area (Å²) < 4.78 is 37.3. The van der Waals surface area contributed by atoms with Crippen molar-refractivity contribution in [2.24, 2.45) is 5.92 Å². The zero-order valence-electron chi connectivity index (χ0n) is 28.2. The van der Waals surface area contributed by atoms with Crippen molar-refractivity contribution in [1.29, 1.82) is 0 Å². The monoisotopic (exact) mass is 739 g/mol. The Labute approximate surface area is 306 Å². The van der Waals surface area contributed by atoms with Crippen LogP contribution in [0.1, 0.15) is 57.6 Å². The highest BCUT2D eigenvalue weighted by atomic mass is 35.5. The number of pyridine rings is 1. The number of halogens is 3. The Morgan fingerprint density at radius 2 is 1.67 bits per heavy atom. The Balaban J connectivity index is 0.00000504. The molecule has 3 atom stereocenters. The smallest absolute Gasteiger partial charge is 0.338 e. The molecule has 0 saturated carbocycles. The van der Waals surface area contributed by atoms with Gasteiger partial charge < -0.3 is 24.4 Å². The van der Waals surface area contributed by atoms with E-state index in [2.05, 4.69) is 15.2 Å². The van der Waals surface area contributed by atoms with E-state index in [1.807, 2.05) is 6.07 Å². The molecule has 3 N–H and O–H groups in total. The SMILES string of the molecule is COc1ccc([C@H](Cc2c(Cl)c[nH+]cc2Cl)OC(=O)c2cccc(CNC(C(=O)O[C@H]3CN4CCC3CC4)c3cccc(F)c3)c2)cc1OC.[OH-]. The Kier molecular flexibility index (Phi) is 12.9. The first-order valence-electron chi connectivity index (χ1n) is 16.5. The molecule has 10 nitrogen and oxygen atoms in total. The molecule has 3 saturated heterocycles. The molecule has 0 spiro atoms. The van der Waals surface area contributed by atoms with Crippen LogP contribution < -0.4 is 19.8 Å². The van der Waals surface area contributed by atoms with E-state index in [4.69, 9.17) is 42.1 Å². The number of fused-ring (bicyclic) bond motifs is 3. The van der Waals surface area contributed by atoms with Crippen LogP contribution in [0.4, 0.5) is 4.39 Å². The van der Waals surface area contributed by atoms with Gasteiger partial charge in [0.05, 0.1) is 19.8 Å². The van der Waals surface area contributed by atoms with Crippen molar-refractivity contribution in [2.45, 2.75) is 44.1 Å². The number of H-pyrrole nitrogens is 1. The maximum atomic E-state index is 14.3. The second-order valence-corrected chi connectivity index (χ2v) is 13.3. The highest BCUT2D eigenvalue weighted by molar-refractivity contribution is 6.35. The fourth-order valence-electron chi connectivity index (χ4n) is 6.65. The summed E-state index contributed by atoms with van der Waals surface area (Å²) >= 11 is 13.0. The lowest BCUT2D eigenvalue weighted by atomic mass is 9.86. The molecule has 51 heavy (non-hydrogen) atoms. The van der Waals surface area contributed by atoms with Crippen LogP contribution in [-0.2, 0) is 27.2 Å². The third kappa shape index (κ3) is 9.16. The lowest BCUT2D eigenvalue weighted by Crippen LogP contribution is -2.52. The van der Waals surface area contributed by atoms with Gasteiger partial charge in [-0.3, -0.25) is 10.2 Å². The molecule has 4 aromatic rings. The van der Waals surface area contributed by atoms with Crippen molar-refractivity contribution in [3.63, 3.8) is 0 Å². The molecular formula is C38H40Cl2FN3O7. The number of aromatic nitrogens is 1. The third-order valence-corrected chi connectivity index (χ3v) is 10.0. The molecule has 3 aliphatic heterocycles. The number of nitrogens with one attached hydrogen (secondary N) is 2. The predicted octanol–water partition coefficient (Wildman–Crippen LogP) is 6.40. The number of carbonyl (C=O) groups is 2. The molecular weight excluding hydrogens is 700 g/mol. The topological polar surface area (TPSA) is 130 Å². The maximum Gasteiger partial charge on any atom is 0.338 e. The lowest BCUT2D eigenvalue weighted by molar-refractivity contribution is -0.377. The van der Waals surface area contributed by atoms with E-state index < -0.39 is 29.9 Å². The van der Waals surface area contributed by atoms with Crippen molar-refractivity contribution >= 4 is 35.1 Å². The van der Waals surface area contributed by atoms with E-state index in [1.54, 1.807) is 68.0 Å². The summed E-state index contributed by atoms with van der Waals surface area (Å²) in [7, 11) is 3.07. The molecule has 3 fully saturated rings. The number of esters is 2. The number of hydrogen-bond acceptors (Lipinski definition) is 9. The molecule has 3 aliphatic rings. The van der Waals surface area contributed by atoms with Crippen LogP contribution in [0.3, 0.4) is 0 Å². The van der Waals surface area contributed by atoms with Crippen LogP contribution in [0.5, 0.6) is 11.5 Å². The number of rotatable bonds is 13. The van der Waals surface area contributed by atoms with Gasteiger partial charge >= 0.3 is 11.9 Å². The van der Waals surface area contributed by atoms with Gasteiger partial charge in [0.15, 0.2) is 23.9 Å². The van der Waals surface area contributed by atoms with E-state index >= 15 is 0 Å². The molecule has 13 heteroatoms. The van der Waals surface area contributed by atoms with Gasteiger partial charge in [0.1, 0.15) is 34.1 Å². The Morgan fingerprint density at radius 3 is 2.33 bits per heavy atom. The number of carbonyl (C=O) groups excluding carboxylic acids is 2. The number of piperidine rings is 3. The molecule has 1 unspecified atom stereocenters. The Morgan fingerprint density at radius 1 is 0.941 bits per heavy atom. The molecule has 0 aliphatic carbocycles. The van der Waals surface area contributed by atoms with Crippen LogP contribution in [-0.4, -0.2) is 62.3 Å². The number of aromatic amines is 1. The van der Waals surface area contributed by atoms with Gasteiger partial charge in [-0.15, -0.1) is 0 Å². The average molecular weight is 741 g/mol.